The minimum absolute atomic E-state index is 0.0122. The predicted molar refractivity (Wildman–Crippen MR) is 105 cm³/mol. The van der Waals surface area contributed by atoms with Crippen LogP contribution >= 0.6 is 0 Å². The van der Waals surface area contributed by atoms with Crippen LogP contribution in [0.2, 0.25) is 0 Å². The number of halogens is 4. The number of hydrogen-bond donors (Lipinski definition) is 1. The number of aromatic carboxylic acids is 1. The van der Waals surface area contributed by atoms with Gasteiger partial charge in [0, 0.05) is 12.5 Å². The van der Waals surface area contributed by atoms with E-state index in [9.17, 15) is 22.4 Å². The Balaban J connectivity index is 0.000000204. The fourth-order valence-electron chi connectivity index (χ4n) is 2.87. The van der Waals surface area contributed by atoms with Crippen LogP contribution in [0, 0.1) is 18.7 Å². The average molecular weight is 451 g/mol. The van der Waals surface area contributed by atoms with E-state index in [0.717, 1.165) is 18.4 Å². The first-order valence-electron chi connectivity index (χ1n) is 9.63. The lowest BCUT2D eigenvalue weighted by atomic mass is 10.1. The van der Waals surface area contributed by atoms with Crippen LogP contribution < -0.4 is 0 Å². The van der Waals surface area contributed by atoms with Crippen LogP contribution in [0.5, 0.6) is 0 Å². The van der Waals surface area contributed by atoms with Gasteiger partial charge in [-0.15, -0.1) is 0 Å². The van der Waals surface area contributed by atoms with Gasteiger partial charge in [0.1, 0.15) is 11.5 Å². The second-order valence-electron chi connectivity index (χ2n) is 7.31. The summed E-state index contributed by atoms with van der Waals surface area (Å²) in [6, 6.07) is 6.01. The fourth-order valence-corrected chi connectivity index (χ4v) is 2.87. The molecule has 0 amide bonds. The van der Waals surface area contributed by atoms with E-state index in [1.807, 2.05) is 0 Å². The van der Waals surface area contributed by atoms with Gasteiger partial charge in [0.25, 0.3) is 0 Å². The summed E-state index contributed by atoms with van der Waals surface area (Å²) in [6.45, 7) is 1.75. The van der Waals surface area contributed by atoms with Gasteiger partial charge in [0.05, 0.1) is 11.3 Å². The highest BCUT2D eigenvalue weighted by Crippen LogP contribution is 2.38. The highest BCUT2D eigenvalue weighted by atomic mass is 19.4. The molecule has 32 heavy (non-hydrogen) atoms. The number of carboxylic acid groups (broad SMARTS) is 1. The number of pyridine rings is 1. The van der Waals surface area contributed by atoms with Crippen LogP contribution in [-0.2, 0) is 6.18 Å². The molecule has 4 rings (SSSR count). The SMILES string of the molecule is Cc1nc([C@@H]([NH-])CC2CC2)no1.O=C(O)c1cccc(-c2ccc(F)c(C(F)(F)F)c2)n1. The lowest BCUT2D eigenvalue weighted by molar-refractivity contribution is -0.139. The Morgan fingerprint density at radius 2 is 1.97 bits per heavy atom. The lowest BCUT2D eigenvalue weighted by Crippen LogP contribution is -2.08. The van der Waals surface area contributed by atoms with E-state index in [2.05, 4.69) is 15.1 Å². The molecule has 1 aliphatic rings. The number of nitrogens with zero attached hydrogens (tertiary/aromatic N) is 3. The van der Waals surface area contributed by atoms with Gasteiger partial charge in [-0.25, -0.2) is 14.2 Å². The van der Waals surface area contributed by atoms with Gasteiger partial charge in [-0.3, -0.25) is 0 Å². The molecule has 1 fully saturated rings. The van der Waals surface area contributed by atoms with E-state index in [0.29, 0.717) is 23.8 Å². The number of nitrogens with one attached hydrogen (secondary N) is 1. The van der Waals surface area contributed by atoms with Crippen molar-refractivity contribution in [1.82, 2.24) is 15.1 Å². The summed E-state index contributed by atoms with van der Waals surface area (Å²) < 4.78 is 55.8. The molecule has 7 nitrogen and oxygen atoms in total. The van der Waals surface area contributed by atoms with Crippen molar-refractivity contribution in [2.75, 3.05) is 0 Å². The Kier molecular flexibility index (Phi) is 6.87. The van der Waals surface area contributed by atoms with Crippen molar-refractivity contribution in [3.63, 3.8) is 0 Å². The van der Waals surface area contributed by atoms with E-state index in [4.69, 9.17) is 15.4 Å². The van der Waals surface area contributed by atoms with E-state index in [-0.39, 0.29) is 23.0 Å². The van der Waals surface area contributed by atoms with Crippen LogP contribution in [0.1, 0.15) is 53.1 Å². The normalized spacial score (nSPS) is 14.4. The number of carboxylic acids is 1. The largest absolute Gasteiger partial charge is 0.668 e. The Hall–Kier alpha value is -3.34. The topological polar surface area (TPSA) is 113 Å². The van der Waals surface area contributed by atoms with Gasteiger partial charge in [-0.2, -0.15) is 18.2 Å². The summed E-state index contributed by atoms with van der Waals surface area (Å²) >= 11 is 0. The second kappa shape index (κ2) is 9.43. The fraction of sp³-hybridized carbons (Fsp3) is 0.333. The molecule has 0 bridgehead atoms. The Labute approximate surface area is 180 Å². The maximum absolute atomic E-state index is 13.2. The van der Waals surface area contributed by atoms with Crippen LogP contribution in [0.15, 0.2) is 40.9 Å². The van der Waals surface area contributed by atoms with Crippen molar-refractivity contribution in [1.29, 1.82) is 0 Å². The summed E-state index contributed by atoms with van der Waals surface area (Å²) in [6.07, 6.45) is -1.40. The Morgan fingerprint density at radius 1 is 1.25 bits per heavy atom. The van der Waals surface area contributed by atoms with Crippen LogP contribution in [-0.4, -0.2) is 26.2 Å². The molecule has 170 valence electrons. The van der Waals surface area contributed by atoms with Crippen molar-refractivity contribution in [3.8, 4) is 11.3 Å². The first-order chi connectivity index (χ1) is 15.0. The molecule has 11 heteroatoms. The van der Waals surface area contributed by atoms with Crippen LogP contribution in [0.4, 0.5) is 17.6 Å². The highest BCUT2D eigenvalue weighted by molar-refractivity contribution is 5.86. The van der Waals surface area contributed by atoms with Crippen LogP contribution in [0.25, 0.3) is 17.0 Å². The molecule has 1 saturated carbocycles. The molecule has 0 unspecified atom stereocenters. The first-order valence-corrected chi connectivity index (χ1v) is 9.63. The molecule has 2 aromatic heterocycles. The third-order valence-corrected chi connectivity index (χ3v) is 4.66. The zero-order valence-electron chi connectivity index (χ0n) is 16.9. The molecular formula is C21H19F4N4O3-. The Bertz CT molecular complexity index is 1100. The van der Waals surface area contributed by atoms with Gasteiger partial charge in [-0.1, -0.05) is 36.5 Å². The standard InChI is InChI=1S/C13H7F4NO2.C8H12N3O/c14-9-5-4-7(6-8(9)13(15,16)17)10-2-1-3-11(18-10)12(19)20;1-5-10-8(11-12-5)7(9)4-6-2-3-6/h1-6H,(H,19,20);6-7,9H,2-4H2,1H3/q;-1/t;7-/m.0/s1. The maximum atomic E-state index is 13.2. The number of benzene rings is 1. The van der Waals surface area contributed by atoms with Gasteiger partial charge in [-0.05, 0) is 36.2 Å². The number of alkyl halides is 3. The zero-order chi connectivity index (χ0) is 23.5. The maximum Gasteiger partial charge on any atom is 0.419 e. The predicted octanol–water partition coefficient (Wildman–Crippen LogP) is 5.88. The van der Waals surface area contributed by atoms with Crippen molar-refractivity contribution < 1.29 is 32.0 Å². The number of aromatic nitrogens is 3. The summed E-state index contributed by atoms with van der Waals surface area (Å²) in [7, 11) is 0. The minimum atomic E-state index is -4.83. The smallest absolute Gasteiger partial charge is 0.419 e. The number of carbonyl (C=O) groups is 1. The number of rotatable bonds is 5. The molecular weight excluding hydrogens is 432 g/mol. The molecule has 3 aromatic rings. The molecule has 0 aliphatic heterocycles. The summed E-state index contributed by atoms with van der Waals surface area (Å²) in [5.74, 6) is -0.857. The first kappa shape index (κ1) is 23.3. The van der Waals surface area contributed by atoms with Gasteiger partial charge >= 0.3 is 12.1 Å². The van der Waals surface area contributed by atoms with Gasteiger partial charge in [0.15, 0.2) is 5.82 Å². The third-order valence-electron chi connectivity index (χ3n) is 4.66. The van der Waals surface area contributed by atoms with Gasteiger partial charge in [0.2, 0.25) is 5.89 Å². The quantitative estimate of drug-likeness (QED) is 0.485. The molecule has 1 atom stereocenters. The third kappa shape index (κ3) is 6.10. The number of hydrogen-bond acceptors (Lipinski definition) is 5. The molecule has 0 radical (unpaired) electrons. The molecule has 1 aliphatic carbocycles. The van der Waals surface area contributed by atoms with Crippen LogP contribution in [0.3, 0.4) is 0 Å². The Morgan fingerprint density at radius 3 is 2.53 bits per heavy atom. The minimum Gasteiger partial charge on any atom is -0.668 e. The van der Waals surface area contributed by atoms with Crippen molar-refractivity contribution in [2.45, 2.75) is 38.4 Å². The molecule has 0 saturated heterocycles. The van der Waals surface area contributed by atoms with Crippen molar-refractivity contribution in [2.24, 2.45) is 5.92 Å². The molecule has 1 aromatic carbocycles. The second-order valence-corrected chi connectivity index (χ2v) is 7.31. The summed E-state index contributed by atoms with van der Waals surface area (Å²) in [5, 5.41) is 12.5. The zero-order valence-corrected chi connectivity index (χ0v) is 16.9. The van der Waals surface area contributed by atoms with Gasteiger partial charge < -0.3 is 15.4 Å². The van der Waals surface area contributed by atoms with Crippen molar-refractivity contribution >= 4 is 5.97 Å². The monoisotopic (exact) mass is 451 g/mol. The van der Waals surface area contributed by atoms with E-state index in [1.54, 1.807) is 6.92 Å². The van der Waals surface area contributed by atoms with E-state index >= 15 is 0 Å². The molecule has 0 spiro atoms. The highest BCUT2D eigenvalue weighted by Gasteiger charge is 2.34. The average Bonchev–Trinajstić information content (AvgIpc) is 3.44. The lowest BCUT2D eigenvalue weighted by Gasteiger charge is -2.13. The molecule has 2 N–H and O–H groups in total. The van der Waals surface area contributed by atoms with Crippen molar-refractivity contribution in [3.05, 3.63) is 70.9 Å². The molecule has 2 heterocycles. The summed E-state index contributed by atoms with van der Waals surface area (Å²) in [5.41, 5.74) is 6.00. The summed E-state index contributed by atoms with van der Waals surface area (Å²) in [4.78, 5) is 18.5. The number of aryl methyl sites for hydroxylation is 1. The van der Waals surface area contributed by atoms with E-state index in [1.165, 1.54) is 31.0 Å². The van der Waals surface area contributed by atoms with E-state index < -0.39 is 23.5 Å².